The highest BCUT2D eigenvalue weighted by molar-refractivity contribution is 7.18. The average molecular weight is 275 g/mol. The number of hydrogen-bond donors (Lipinski definition) is 1. The molecule has 1 heterocycles. The van der Waals surface area contributed by atoms with Crippen LogP contribution in [0.15, 0.2) is 12.1 Å². The van der Waals surface area contributed by atoms with Crippen LogP contribution < -0.4 is 5.32 Å². The molecule has 2 rings (SSSR count). The van der Waals surface area contributed by atoms with Gasteiger partial charge in [-0.1, -0.05) is 0 Å². The summed E-state index contributed by atoms with van der Waals surface area (Å²) in [6.07, 6.45) is 0.655. The second-order valence-corrected chi connectivity index (χ2v) is 5.17. The predicted molar refractivity (Wildman–Crippen MR) is 77.6 cm³/mol. The summed E-state index contributed by atoms with van der Waals surface area (Å²) >= 11 is 1.46. The average Bonchev–Trinajstić information content (AvgIpc) is 2.72. The number of anilines is 1. The molecule has 1 aromatic heterocycles. The van der Waals surface area contributed by atoms with Gasteiger partial charge in [-0.2, -0.15) is 0 Å². The number of rotatable bonds is 4. The van der Waals surface area contributed by atoms with Gasteiger partial charge in [0, 0.05) is 19.0 Å². The number of aromatic nitrogens is 1. The van der Waals surface area contributed by atoms with Crippen molar-refractivity contribution in [3.8, 4) is 11.8 Å². The van der Waals surface area contributed by atoms with E-state index in [1.807, 2.05) is 6.92 Å². The summed E-state index contributed by atoms with van der Waals surface area (Å²) in [6.45, 7) is 4.24. The first kappa shape index (κ1) is 13.3. The molecule has 0 aliphatic rings. The fraction of sp³-hybridized carbons (Fsp3) is 0.308. The van der Waals surface area contributed by atoms with Gasteiger partial charge in [-0.25, -0.2) is 4.98 Å². The van der Waals surface area contributed by atoms with Crippen molar-refractivity contribution in [3.63, 3.8) is 0 Å². The summed E-state index contributed by atoms with van der Waals surface area (Å²) in [6, 6.07) is 3.31. The normalized spacial score (nSPS) is 10.0. The lowest BCUT2D eigenvalue weighted by Gasteiger charge is -2.05. The molecule has 0 fully saturated rings. The molecule has 1 N–H and O–H groups in total. The highest BCUT2D eigenvalue weighted by atomic mass is 32.1. The van der Waals surface area contributed by atoms with Gasteiger partial charge in [0.1, 0.15) is 5.69 Å². The first-order chi connectivity index (χ1) is 9.11. The fourth-order valence-corrected chi connectivity index (χ4v) is 2.60. The third-order valence-electron chi connectivity index (χ3n) is 2.55. The van der Waals surface area contributed by atoms with E-state index in [2.05, 4.69) is 22.1 Å². The van der Waals surface area contributed by atoms with E-state index in [9.17, 15) is 10.1 Å². The van der Waals surface area contributed by atoms with E-state index < -0.39 is 0 Å². The Morgan fingerprint density at radius 2 is 2.32 bits per heavy atom. The Hall–Kier alpha value is -2.13. The Morgan fingerprint density at radius 3 is 3.00 bits per heavy atom. The summed E-state index contributed by atoms with van der Waals surface area (Å²) in [5.41, 5.74) is 1.37. The van der Waals surface area contributed by atoms with Crippen molar-refractivity contribution in [2.75, 3.05) is 11.9 Å². The molecular weight excluding hydrogens is 262 g/mol. The monoisotopic (exact) mass is 275 g/mol. The maximum absolute atomic E-state index is 11.1. The molecule has 19 heavy (non-hydrogen) atoms. The van der Waals surface area contributed by atoms with Crippen LogP contribution in [-0.4, -0.2) is 16.5 Å². The molecule has 1 aromatic carbocycles. The van der Waals surface area contributed by atoms with Gasteiger partial charge in [0.15, 0.2) is 0 Å². The van der Waals surface area contributed by atoms with E-state index in [-0.39, 0.29) is 10.6 Å². The van der Waals surface area contributed by atoms with Gasteiger partial charge in [-0.05, 0) is 19.9 Å². The number of fused-ring (bicyclic) bond motifs is 1. The van der Waals surface area contributed by atoms with E-state index in [1.54, 1.807) is 19.1 Å². The van der Waals surface area contributed by atoms with Crippen LogP contribution >= 0.6 is 11.3 Å². The quantitative estimate of drug-likeness (QED) is 0.402. The first-order valence-corrected chi connectivity index (χ1v) is 6.62. The zero-order chi connectivity index (χ0) is 13.8. The van der Waals surface area contributed by atoms with Crippen LogP contribution in [-0.2, 0) is 0 Å². The molecule has 0 aliphatic carbocycles. The number of nitrogens with one attached hydrogen (secondary N) is 1. The molecule has 0 spiro atoms. The van der Waals surface area contributed by atoms with Gasteiger partial charge in [-0.15, -0.1) is 23.2 Å². The minimum Gasteiger partial charge on any atom is -0.378 e. The molecule has 6 heteroatoms. The molecule has 0 saturated carbocycles. The number of nitro benzene ring substituents is 1. The van der Waals surface area contributed by atoms with Gasteiger partial charge in [0.05, 0.1) is 20.1 Å². The number of benzene rings is 1. The SMILES string of the molecule is CC#CCCNc1cc2nc(C)sc2cc1[N+](=O)[O-]. The third-order valence-corrected chi connectivity index (χ3v) is 3.49. The van der Waals surface area contributed by atoms with Crippen LogP contribution in [0, 0.1) is 28.9 Å². The zero-order valence-electron chi connectivity index (χ0n) is 10.7. The second-order valence-electron chi connectivity index (χ2n) is 3.93. The van der Waals surface area contributed by atoms with Crippen LogP contribution in [0.25, 0.3) is 10.2 Å². The second kappa shape index (κ2) is 5.67. The maximum Gasteiger partial charge on any atom is 0.293 e. The number of hydrogen-bond acceptors (Lipinski definition) is 5. The Balaban J connectivity index is 2.34. The number of aryl methyl sites for hydroxylation is 1. The summed E-state index contributed by atoms with van der Waals surface area (Å²) in [5.74, 6) is 5.70. The molecule has 2 aromatic rings. The van der Waals surface area contributed by atoms with E-state index in [0.717, 1.165) is 15.2 Å². The van der Waals surface area contributed by atoms with E-state index in [1.165, 1.54) is 11.3 Å². The lowest BCUT2D eigenvalue weighted by molar-refractivity contribution is -0.383. The third kappa shape index (κ3) is 3.01. The molecule has 0 unspecified atom stereocenters. The molecule has 0 atom stereocenters. The van der Waals surface area contributed by atoms with Crippen molar-refractivity contribution in [1.29, 1.82) is 0 Å². The Kier molecular flexibility index (Phi) is 3.97. The van der Waals surface area contributed by atoms with Crippen LogP contribution in [0.5, 0.6) is 0 Å². The van der Waals surface area contributed by atoms with Crippen molar-refractivity contribution in [3.05, 3.63) is 27.3 Å². The number of nitro groups is 1. The van der Waals surface area contributed by atoms with Gasteiger partial charge in [0.2, 0.25) is 0 Å². The molecule has 0 bridgehead atoms. The van der Waals surface area contributed by atoms with Crippen molar-refractivity contribution in [2.24, 2.45) is 0 Å². The van der Waals surface area contributed by atoms with Gasteiger partial charge >= 0.3 is 0 Å². The molecule has 0 saturated heterocycles. The van der Waals surface area contributed by atoms with Crippen molar-refractivity contribution < 1.29 is 4.92 Å². The van der Waals surface area contributed by atoms with Gasteiger partial charge in [-0.3, -0.25) is 10.1 Å². The zero-order valence-corrected chi connectivity index (χ0v) is 11.5. The topological polar surface area (TPSA) is 68.1 Å². The van der Waals surface area contributed by atoms with E-state index in [0.29, 0.717) is 18.7 Å². The standard InChI is InChI=1S/C13H13N3O2S/c1-3-4-5-6-14-10-7-11-13(19-9(2)15-11)8-12(10)16(17)18/h7-8,14H,5-6H2,1-2H3. The Morgan fingerprint density at radius 1 is 1.53 bits per heavy atom. The smallest absolute Gasteiger partial charge is 0.293 e. The fourth-order valence-electron chi connectivity index (χ4n) is 1.76. The van der Waals surface area contributed by atoms with Crippen LogP contribution in [0.2, 0.25) is 0 Å². The summed E-state index contributed by atoms with van der Waals surface area (Å²) in [4.78, 5) is 15.1. The van der Waals surface area contributed by atoms with Crippen molar-refractivity contribution in [2.45, 2.75) is 20.3 Å². The lowest BCUT2D eigenvalue weighted by atomic mass is 10.2. The molecule has 98 valence electrons. The Labute approximate surface area is 114 Å². The first-order valence-electron chi connectivity index (χ1n) is 5.81. The highest BCUT2D eigenvalue weighted by Crippen LogP contribution is 2.32. The van der Waals surface area contributed by atoms with Gasteiger partial charge in [0.25, 0.3) is 5.69 Å². The van der Waals surface area contributed by atoms with Crippen LogP contribution in [0.1, 0.15) is 18.4 Å². The van der Waals surface area contributed by atoms with E-state index >= 15 is 0 Å². The molecule has 0 amide bonds. The molecule has 5 nitrogen and oxygen atoms in total. The molecular formula is C13H13N3O2S. The number of nitrogens with zero attached hydrogens (tertiary/aromatic N) is 2. The minimum absolute atomic E-state index is 0.0839. The molecule has 0 aliphatic heterocycles. The Bertz CT molecular complexity index is 682. The highest BCUT2D eigenvalue weighted by Gasteiger charge is 2.16. The largest absolute Gasteiger partial charge is 0.378 e. The van der Waals surface area contributed by atoms with Crippen LogP contribution in [0.4, 0.5) is 11.4 Å². The lowest BCUT2D eigenvalue weighted by Crippen LogP contribution is -2.03. The predicted octanol–water partition coefficient (Wildman–Crippen LogP) is 3.34. The molecule has 0 radical (unpaired) electrons. The summed E-state index contributed by atoms with van der Waals surface area (Å²) in [7, 11) is 0. The van der Waals surface area contributed by atoms with Gasteiger partial charge < -0.3 is 5.32 Å². The number of thiazole rings is 1. The van der Waals surface area contributed by atoms with Crippen LogP contribution in [0.3, 0.4) is 0 Å². The minimum atomic E-state index is -0.373. The summed E-state index contributed by atoms with van der Waals surface area (Å²) < 4.78 is 0.836. The summed E-state index contributed by atoms with van der Waals surface area (Å²) in [5, 5.41) is 15.0. The van der Waals surface area contributed by atoms with Crippen molar-refractivity contribution >= 4 is 32.9 Å². The van der Waals surface area contributed by atoms with E-state index in [4.69, 9.17) is 0 Å². The maximum atomic E-state index is 11.1. The van der Waals surface area contributed by atoms with Crippen molar-refractivity contribution in [1.82, 2.24) is 4.98 Å².